The fraction of sp³-hybridized carbons (Fsp3) is 0.440. The molecule has 33 heteroatoms. The van der Waals surface area contributed by atoms with E-state index >= 15 is 0 Å². The number of ether oxygens (including phenoxy) is 8. The lowest BCUT2D eigenvalue weighted by Gasteiger charge is -2.26. The number of ketones is 1. The van der Waals surface area contributed by atoms with Gasteiger partial charge >= 0.3 is 24.3 Å². The Morgan fingerprint density at radius 3 is 2.11 bits per heavy atom. The van der Waals surface area contributed by atoms with Crippen LogP contribution in [-0.2, 0) is 59.0 Å². The Kier molecular flexibility index (Phi) is 32.2. The number of carbonyl (C=O) groups is 11. The van der Waals surface area contributed by atoms with Gasteiger partial charge in [0.15, 0.2) is 5.78 Å². The summed E-state index contributed by atoms with van der Waals surface area (Å²) in [7, 11) is 1.49. The van der Waals surface area contributed by atoms with Gasteiger partial charge in [-0.3, -0.25) is 38.5 Å². The molecule has 6 aromatic rings. The molecule has 0 aliphatic carbocycles. The number of imidazole rings is 1. The molecule has 0 radical (unpaired) electrons. The number of aliphatic hydroxyl groups excluding tert-OH is 1. The number of imide groups is 1. The number of rotatable bonds is 44. The number of nitrogens with zero attached hydrogens (tertiary/aromatic N) is 6. The molecule has 0 spiro atoms. The summed E-state index contributed by atoms with van der Waals surface area (Å²) in [6, 6.07) is 21.8. The van der Waals surface area contributed by atoms with Crippen LogP contribution in [0, 0.1) is 18.8 Å². The molecule has 9 N–H and O–H groups in total. The first-order valence-corrected chi connectivity index (χ1v) is 36.0. The number of alkyl halides is 1. The molecule has 580 valence electrons. The molecule has 2 aromatic heterocycles. The normalized spacial score (nSPS) is 13.6. The average molecular weight is 1520 g/mol. The number of hydrogen-bond acceptors (Lipinski definition) is 21. The second kappa shape index (κ2) is 42.0. The first-order valence-electron chi connectivity index (χ1n) is 35.5. The van der Waals surface area contributed by atoms with Gasteiger partial charge in [0.1, 0.15) is 42.7 Å². The Hall–Kier alpha value is -10.8. The van der Waals surface area contributed by atoms with Crippen LogP contribution in [0.1, 0.15) is 95.8 Å². The molecule has 11 amide bonds. The Balaban J connectivity index is 0.854. The first kappa shape index (κ1) is 82.9. The summed E-state index contributed by atoms with van der Waals surface area (Å²) in [6.07, 6.45) is 4.01. The number of aromatic nitrogens is 2. The zero-order valence-corrected chi connectivity index (χ0v) is 61.6. The monoisotopic (exact) mass is 1520 g/mol. The number of benzene rings is 4. The molecule has 0 saturated carbocycles. The second-order valence-corrected chi connectivity index (χ2v) is 26.1. The molecule has 2 aliphatic heterocycles. The molecule has 8 rings (SSSR count). The number of carbonyl (C=O) groups excluding carboxylic acids is 11. The van der Waals surface area contributed by atoms with Crippen molar-refractivity contribution in [2.45, 2.75) is 77.9 Å². The van der Waals surface area contributed by atoms with E-state index in [9.17, 15) is 52.7 Å². The number of aliphatic hydroxyl groups is 1. The summed E-state index contributed by atoms with van der Waals surface area (Å²) in [4.78, 5) is 153. The van der Waals surface area contributed by atoms with Crippen molar-refractivity contribution in [3.8, 4) is 11.5 Å². The molecule has 108 heavy (non-hydrogen) atoms. The smallest absolute Gasteiger partial charge is 0.415 e. The summed E-state index contributed by atoms with van der Waals surface area (Å²) in [5.41, 5.74) is 15.0. The summed E-state index contributed by atoms with van der Waals surface area (Å²) in [6.45, 7) is 7.65. The number of nitrogens with two attached hydrogens (primary N) is 2. The van der Waals surface area contributed by atoms with Crippen molar-refractivity contribution in [3.05, 3.63) is 137 Å². The highest BCUT2D eigenvalue weighted by molar-refractivity contribution is 6.19. The lowest BCUT2D eigenvalue weighted by Crippen LogP contribution is -2.46. The van der Waals surface area contributed by atoms with Gasteiger partial charge in [0.2, 0.25) is 11.8 Å². The van der Waals surface area contributed by atoms with Crippen LogP contribution in [0.25, 0.3) is 16.4 Å². The van der Waals surface area contributed by atoms with Crippen LogP contribution in [0.2, 0.25) is 0 Å². The van der Waals surface area contributed by atoms with Gasteiger partial charge in [-0.25, -0.2) is 24.2 Å². The number of halogens is 1. The molecule has 4 aromatic carbocycles. The van der Waals surface area contributed by atoms with E-state index in [2.05, 4.69) is 26.3 Å². The maximum Gasteiger partial charge on any atom is 0.415 e. The number of likely N-dealkylation sites (N-methyl/N-ethyl adjacent to an activating group) is 1. The number of anilines is 3. The molecule has 3 atom stereocenters. The maximum absolute atomic E-state index is 14.8. The molecular formula is C75H93ClN12O20. The summed E-state index contributed by atoms with van der Waals surface area (Å²) in [5, 5.41) is 20.9. The van der Waals surface area contributed by atoms with Gasteiger partial charge in [-0.15, -0.1) is 11.6 Å². The highest BCUT2D eigenvalue weighted by Crippen LogP contribution is 2.47. The lowest BCUT2D eigenvalue weighted by molar-refractivity contribution is -0.137. The highest BCUT2D eigenvalue weighted by atomic mass is 35.5. The predicted molar refractivity (Wildman–Crippen MR) is 397 cm³/mol. The van der Waals surface area contributed by atoms with Crippen molar-refractivity contribution < 1.29 is 95.7 Å². The van der Waals surface area contributed by atoms with Crippen molar-refractivity contribution in [2.24, 2.45) is 23.3 Å². The molecule has 0 bridgehead atoms. The van der Waals surface area contributed by atoms with Gasteiger partial charge in [0.05, 0.1) is 83.4 Å². The number of fused-ring (bicyclic) bond motifs is 4. The van der Waals surface area contributed by atoms with Crippen LogP contribution in [0.5, 0.6) is 11.5 Å². The van der Waals surface area contributed by atoms with Crippen molar-refractivity contribution >= 4 is 111 Å². The SMILES string of the molecule is Cc1cccc2c(OC(=O)N(CCCCC(N)=O)CCN(C)C(=O)OCc3ccc(NC(=O)[C@H](CCCNC(N)=O)CC(=O)[C@@H](NC(=O)OCCOCCN4C(=O)C=CC4=O)C(C)C)cc3)cc3c(c12)[C@H](CCl)CN3C(=O)c1cn2cc(NC(=O)c3ccc(OCCOCCOCCOCCO)cc3)ccc2n1. The zero-order chi connectivity index (χ0) is 77.7. The largest absolute Gasteiger partial charge is 0.491 e. The van der Waals surface area contributed by atoms with E-state index in [1.807, 2.05) is 25.1 Å². The number of alkyl carbamates (subject to hydrolysis) is 1. The number of urea groups is 1. The van der Waals surface area contributed by atoms with Gasteiger partial charge < -0.3 is 94.8 Å². The third-order valence-electron chi connectivity index (χ3n) is 17.5. The minimum atomic E-state index is -1.05. The average Bonchev–Trinajstić information content (AvgIpc) is 1.55. The van der Waals surface area contributed by atoms with Crippen LogP contribution >= 0.6 is 11.6 Å². The zero-order valence-electron chi connectivity index (χ0n) is 60.8. The summed E-state index contributed by atoms with van der Waals surface area (Å²) in [5.74, 6) is -4.07. The van der Waals surface area contributed by atoms with Gasteiger partial charge in [0.25, 0.3) is 23.6 Å². The van der Waals surface area contributed by atoms with E-state index in [0.29, 0.717) is 90.8 Å². The molecule has 0 fully saturated rings. The fourth-order valence-electron chi connectivity index (χ4n) is 11.9. The molecule has 4 heterocycles. The maximum atomic E-state index is 14.8. The number of Topliss-reactive ketones (excluding diaryl/α,β-unsaturated/α-hetero) is 1. The standard InChI is InChI=1S/C75H93ClN12O20/c1-48(2)68(83-73(98)106-40-38-101-31-29-87-64(92)23-24-65(87)93)60(90)41-52(10-8-25-79-72(78)97)70(95)80-54-17-13-50(14-18-54)47-107-74(99)84(4)27-28-85(26-6-5-12-62(77)91)75(100)108-61-42-59-67(66-49(3)9-7-11-57(61)66)53(43-76)44-88(59)71(96)58-46-86-45-55(19-22-63(86)82-58)81-69(94)51-15-20-56(21-16-51)105-39-37-104-36-35-103-34-33-102-32-30-89/h7,9,11,13-24,42,45-46,48,52-53,68,89H,5-6,8,10,12,25-41,43-44,47H2,1-4H3,(H2,77,91)(H,80,95)(H,81,94)(H,83,98)(H3,78,79,97)/t52-,53-,68+/m1/s1. The number of hydrogen-bond donors (Lipinski definition) is 7. The van der Waals surface area contributed by atoms with Crippen LogP contribution in [0.4, 0.5) is 36.2 Å². The topological polar surface area (TPSA) is 412 Å². The third-order valence-corrected chi connectivity index (χ3v) is 17.9. The molecule has 0 saturated heterocycles. The van der Waals surface area contributed by atoms with E-state index < -0.39 is 77.5 Å². The Morgan fingerprint density at radius 1 is 0.741 bits per heavy atom. The molecule has 32 nitrogen and oxygen atoms in total. The van der Waals surface area contributed by atoms with E-state index in [-0.39, 0.29) is 140 Å². The predicted octanol–water partition coefficient (Wildman–Crippen LogP) is 6.83. The Bertz CT molecular complexity index is 4140. The number of aryl methyl sites for hydroxylation is 1. The van der Waals surface area contributed by atoms with Crippen LogP contribution < -0.4 is 47.1 Å². The molecular weight excluding hydrogens is 1420 g/mol. The van der Waals surface area contributed by atoms with Gasteiger partial charge in [-0.2, -0.15) is 0 Å². The van der Waals surface area contributed by atoms with Crippen LogP contribution in [0.3, 0.4) is 0 Å². The number of pyridine rings is 1. The minimum Gasteiger partial charge on any atom is -0.491 e. The Morgan fingerprint density at radius 2 is 1.43 bits per heavy atom. The van der Waals surface area contributed by atoms with Crippen LogP contribution in [-0.4, -0.2) is 226 Å². The van der Waals surface area contributed by atoms with Gasteiger partial charge in [-0.05, 0) is 109 Å². The van der Waals surface area contributed by atoms with Crippen LogP contribution in [0.15, 0.2) is 109 Å². The van der Waals surface area contributed by atoms with E-state index in [0.717, 1.165) is 33.6 Å². The summed E-state index contributed by atoms with van der Waals surface area (Å²) >= 11 is 6.70. The van der Waals surface area contributed by atoms with Crippen molar-refractivity contribution in [1.29, 1.82) is 0 Å². The van der Waals surface area contributed by atoms with E-state index in [1.54, 1.807) is 102 Å². The lowest BCUT2D eigenvalue weighted by atomic mass is 9.89. The van der Waals surface area contributed by atoms with Crippen molar-refractivity contribution in [3.63, 3.8) is 0 Å². The summed E-state index contributed by atoms with van der Waals surface area (Å²) < 4.78 is 46.1. The molecule has 0 unspecified atom stereocenters. The van der Waals surface area contributed by atoms with Gasteiger partial charge in [0, 0.05) is 118 Å². The van der Waals surface area contributed by atoms with Crippen molar-refractivity contribution in [2.75, 3.05) is 140 Å². The fourth-order valence-corrected chi connectivity index (χ4v) is 12.1. The molecule has 2 aliphatic rings. The minimum absolute atomic E-state index is 0.0140. The number of unbranched alkanes of at least 4 members (excludes halogenated alkanes) is 1. The van der Waals surface area contributed by atoms with E-state index in [4.69, 9.17) is 66.1 Å². The van der Waals surface area contributed by atoms with E-state index in [1.165, 1.54) is 16.8 Å². The number of amides is 11. The number of nitrogens with one attached hydrogen (secondary N) is 4. The first-order chi connectivity index (χ1) is 52.0. The van der Waals surface area contributed by atoms with Gasteiger partial charge in [-0.1, -0.05) is 44.2 Å². The quantitative estimate of drug-likeness (QED) is 0.0117. The number of primary amides is 2. The Labute approximate surface area is 628 Å². The highest BCUT2D eigenvalue weighted by Gasteiger charge is 2.38. The third kappa shape index (κ3) is 24.6. The van der Waals surface area contributed by atoms with Crippen molar-refractivity contribution in [1.82, 2.24) is 34.7 Å². The second-order valence-electron chi connectivity index (χ2n) is 25.8.